The van der Waals surface area contributed by atoms with Crippen LogP contribution in [0, 0.1) is 0 Å². The Morgan fingerprint density at radius 2 is 2.12 bits per heavy atom. The van der Waals surface area contributed by atoms with Gasteiger partial charge in [-0.3, -0.25) is 9.69 Å². The van der Waals surface area contributed by atoms with Gasteiger partial charge in [-0.25, -0.2) is 0 Å². The van der Waals surface area contributed by atoms with Crippen molar-refractivity contribution in [3.63, 3.8) is 0 Å². The molecule has 3 N–H and O–H groups in total. The minimum absolute atomic E-state index is 0.402. The number of carbonyl (C=O) groups is 1. The molecule has 0 radical (unpaired) electrons. The summed E-state index contributed by atoms with van der Waals surface area (Å²) in [5.74, 6) is -0.402. The summed E-state index contributed by atoms with van der Waals surface area (Å²) in [6.45, 7) is 4.27. The summed E-state index contributed by atoms with van der Waals surface area (Å²) in [5, 5.41) is 9.86. The average Bonchev–Trinajstić information content (AvgIpc) is 2.59. The molecule has 1 atom stereocenters. The van der Waals surface area contributed by atoms with Crippen molar-refractivity contribution in [2.75, 3.05) is 13.1 Å². The molecular weight excluding hydrogens is 216 g/mol. The van der Waals surface area contributed by atoms with E-state index in [1.54, 1.807) is 12.1 Å². The van der Waals surface area contributed by atoms with E-state index in [0.29, 0.717) is 12.1 Å². The summed E-state index contributed by atoms with van der Waals surface area (Å²) in [7, 11) is 0. The number of likely N-dealkylation sites (tertiary alicyclic amines) is 1. The molecule has 1 amide bonds. The SMILES string of the molecule is CC1(O)CCN(Cc2ccc(C(N)=O)cc2)C1. The van der Waals surface area contributed by atoms with Gasteiger partial charge in [-0.05, 0) is 31.0 Å². The van der Waals surface area contributed by atoms with Gasteiger partial charge in [0.25, 0.3) is 0 Å². The highest BCUT2D eigenvalue weighted by Crippen LogP contribution is 2.22. The Morgan fingerprint density at radius 3 is 2.59 bits per heavy atom. The molecule has 0 bridgehead atoms. The molecule has 1 saturated heterocycles. The fourth-order valence-electron chi connectivity index (χ4n) is 2.21. The van der Waals surface area contributed by atoms with E-state index in [1.807, 2.05) is 19.1 Å². The quantitative estimate of drug-likeness (QED) is 0.810. The molecule has 1 aromatic rings. The van der Waals surface area contributed by atoms with Gasteiger partial charge >= 0.3 is 0 Å². The first-order chi connectivity index (χ1) is 7.96. The Morgan fingerprint density at radius 1 is 1.47 bits per heavy atom. The van der Waals surface area contributed by atoms with E-state index in [1.165, 1.54) is 0 Å². The predicted molar refractivity (Wildman–Crippen MR) is 65.5 cm³/mol. The first kappa shape index (κ1) is 12.1. The second-order valence-electron chi connectivity index (χ2n) is 5.02. The van der Waals surface area contributed by atoms with Crippen LogP contribution in [0.4, 0.5) is 0 Å². The van der Waals surface area contributed by atoms with E-state index in [-0.39, 0.29) is 0 Å². The zero-order valence-corrected chi connectivity index (χ0v) is 10.0. The molecule has 1 fully saturated rings. The number of rotatable bonds is 3. The van der Waals surface area contributed by atoms with Gasteiger partial charge in [0.15, 0.2) is 0 Å². The lowest BCUT2D eigenvalue weighted by Crippen LogP contribution is -2.29. The Hall–Kier alpha value is -1.39. The number of nitrogens with two attached hydrogens (primary N) is 1. The lowest BCUT2D eigenvalue weighted by molar-refractivity contribution is 0.0679. The van der Waals surface area contributed by atoms with E-state index in [4.69, 9.17) is 5.73 Å². The Kier molecular flexibility index (Phi) is 3.17. The Bertz CT molecular complexity index is 412. The maximum Gasteiger partial charge on any atom is 0.248 e. The molecule has 1 aromatic carbocycles. The van der Waals surface area contributed by atoms with Crippen molar-refractivity contribution in [3.8, 4) is 0 Å². The van der Waals surface area contributed by atoms with Crippen molar-refractivity contribution in [2.24, 2.45) is 5.73 Å². The van der Waals surface area contributed by atoms with E-state index in [9.17, 15) is 9.90 Å². The molecule has 0 saturated carbocycles. The fourth-order valence-corrected chi connectivity index (χ4v) is 2.21. The monoisotopic (exact) mass is 234 g/mol. The highest BCUT2D eigenvalue weighted by Gasteiger charge is 2.30. The zero-order chi connectivity index (χ0) is 12.5. The zero-order valence-electron chi connectivity index (χ0n) is 10.0. The van der Waals surface area contributed by atoms with Crippen molar-refractivity contribution in [3.05, 3.63) is 35.4 Å². The number of nitrogens with zero attached hydrogens (tertiary/aromatic N) is 1. The first-order valence-electron chi connectivity index (χ1n) is 5.80. The smallest absolute Gasteiger partial charge is 0.248 e. The van der Waals surface area contributed by atoms with Gasteiger partial charge in [0, 0.05) is 25.2 Å². The van der Waals surface area contributed by atoms with Crippen LogP contribution in [0.5, 0.6) is 0 Å². The van der Waals surface area contributed by atoms with Crippen molar-refractivity contribution < 1.29 is 9.90 Å². The van der Waals surface area contributed by atoms with Gasteiger partial charge in [-0.15, -0.1) is 0 Å². The van der Waals surface area contributed by atoms with Crippen LogP contribution in [0.1, 0.15) is 29.3 Å². The molecule has 0 spiro atoms. The Balaban J connectivity index is 1.98. The number of benzene rings is 1. The fraction of sp³-hybridized carbons (Fsp3) is 0.462. The van der Waals surface area contributed by atoms with Crippen LogP contribution in [0.25, 0.3) is 0 Å². The van der Waals surface area contributed by atoms with Crippen molar-refractivity contribution in [1.29, 1.82) is 0 Å². The van der Waals surface area contributed by atoms with Gasteiger partial charge in [0.05, 0.1) is 5.60 Å². The molecule has 0 aromatic heterocycles. The molecule has 0 aliphatic carbocycles. The maximum atomic E-state index is 10.9. The van der Waals surface area contributed by atoms with Gasteiger partial charge in [-0.2, -0.15) is 0 Å². The van der Waals surface area contributed by atoms with E-state index < -0.39 is 11.5 Å². The number of aliphatic hydroxyl groups is 1. The molecule has 92 valence electrons. The highest BCUT2D eigenvalue weighted by molar-refractivity contribution is 5.92. The van der Waals surface area contributed by atoms with Crippen LogP contribution in [0.3, 0.4) is 0 Å². The van der Waals surface area contributed by atoms with Gasteiger partial charge in [0.1, 0.15) is 0 Å². The van der Waals surface area contributed by atoms with E-state index >= 15 is 0 Å². The average molecular weight is 234 g/mol. The third kappa shape index (κ3) is 3.05. The molecule has 1 unspecified atom stereocenters. The van der Waals surface area contributed by atoms with Crippen LogP contribution in [0.2, 0.25) is 0 Å². The number of hydrogen-bond acceptors (Lipinski definition) is 3. The Labute approximate surface area is 101 Å². The number of carbonyl (C=O) groups excluding carboxylic acids is 1. The number of amides is 1. The summed E-state index contributed by atoms with van der Waals surface area (Å²) in [5.41, 5.74) is 6.28. The second-order valence-corrected chi connectivity index (χ2v) is 5.02. The molecule has 4 heteroatoms. The molecular formula is C13H18N2O2. The third-order valence-corrected chi connectivity index (χ3v) is 3.18. The van der Waals surface area contributed by atoms with Crippen LogP contribution in [0.15, 0.2) is 24.3 Å². The van der Waals surface area contributed by atoms with E-state index in [0.717, 1.165) is 25.1 Å². The normalized spacial score (nSPS) is 25.1. The minimum atomic E-state index is -0.562. The summed E-state index contributed by atoms with van der Waals surface area (Å²) >= 11 is 0. The largest absolute Gasteiger partial charge is 0.389 e. The van der Waals surface area contributed by atoms with Crippen molar-refractivity contribution in [2.45, 2.75) is 25.5 Å². The van der Waals surface area contributed by atoms with Gasteiger partial charge in [-0.1, -0.05) is 12.1 Å². The number of primary amides is 1. The van der Waals surface area contributed by atoms with E-state index in [2.05, 4.69) is 4.90 Å². The van der Waals surface area contributed by atoms with Crippen LogP contribution in [-0.2, 0) is 6.54 Å². The summed E-state index contributed by atoms with van der Waals surface area (Å²) < 4.78 is 0. The number of hydrogen-bond donors (Lipinski definition) is 2. The highest BCUT2D eigenvalue weighted by atomic mass is 16.3. The predicted octanol–water partition coefficient (Wildman–Crippen LogP) is 0.742. The van der Waals surface area contributed by atoms with Crippen LogP contribution >= 0.6 is 0 Å². The summed E-state index contributed by atoms with van der Waals surface area (Å²) in [6, 6.07) is 7.30. The van der Waals surface area contributed by atoms with Crippen molar-refractivity contribution >= 4 is 5.91 Å². The lowest BCUT2D eigenvalue weighted by Gasteiger charge is -2.18. The van der Waals surface area contributed by atoms with Crippen LogP contribution in [-0.4, -0.2) is 34.6 Å². The molecule has 2 rings (SSSR count). The molecule has 1 heterocycles. The molecule has 1 aliphatic rings. The maximum absolute atomic E-state index is 10.9. The summed E-state index contributed by atoms with van der Waals surface area (Å²) in [6.07, 6.45) is 0.812. The molecule has 1 aliphatic heterocycles. The molecule has 4 nitrogen and oxygen atoms in total. The number of β-amino-alcohol motifs (C(OH)–C–C–N with tert-alkyl or cyclic N) is 1. The van der Waals surface area contributed by atoms with Gasteiger partial charge < -0.3 is 10.8 Å². The lowest BCUT2D eigenvalue weighted by atomic mass is 10.1. The molecule has 17 heavy (non-hydrogen) atoms. The third-order valence-electron chi connectivity index (χ3n) is 3.18. The van der Waals surface area contributed by atoms with Gasteiger partial charge in [0.2, 0.25) is 5.91 Å². The second kappa shape index (κ2) is 4.47. The minimum Gasteiger partial charge on any atom is -0.389 e. The van der Waals surface area contributed by atoms with Crippen LogP contribution < -0.4 is 5.73 Å². The van der Waals surface area contributed by atoms with Crippen molar-refractivity contribution in [1.82, 2.24) is 4.90 Å². The first-order valence-corrected chi connectivity index (χ1v) is 5.80. The standard InChI is InChI=1S/C13H18N2O2/c1-13(17)6-7-15(9-13)8-10-2-4-11(5-3-10)12(14)16/h2-5,17H,6-9H2,1H3,(H2,14,16). The summed E-state index contributed by atoms with van der Waals surface area (Å²) in [4.78, 5) is 13.1. The topological polar surface area (TPSA) is 66.6 Å².